The summed E-state index contributed by atoms with van der Waals surface area (Å²) in [6.45, 7) is 4.11. The zero-order valence-corrected chi connectivity index (χ0v) is 13.6. The second kappa shape index (κ2) is 5.93. The molecular weight excluding hydrogens is 314 g/mol. The molecule has 102 valence electrons. The van der Waals surface area contributed by atoms with Gasteiger partial charge in [-0.3, -0.25) is 4.68 Å². The highest BCUT2D eigenvalue weighted by atomic mass is 79.9. The number of halogens is 2. The zero-order valence-electron chi connectivity index (χ0n) is 11.3. The van der Waals surface area contributed by atoms with Crippen LogP contribution in [0.5, 0.6) is 0 Å². The Hall–Kier alpha value is -0.0600. The fourth-order valence-corrected chi connectivity index (χ4v) is 3.97. The second-order valence-electron chi connectivity index (χ2n) is 5.32. The van der Waals surface area contributed by atoms with Crippen LogP contribution < -0.4 is 0 Å². The Kier molecular flexibility index (Phi) is 4.73. The zero-order chi connectivity index (χ0) is 13.3. The summed E-state index contributed by atoms with van der Waals surface area (Å²) >= 11 is 10.0. The Bertz CT molecular complexity index is 413. The molecule has 0 spiro atoms. The maximum absolute atomic E-state index is 6.36. The molecule has 1 aromatic heterocycles. The quantitative estimate of drug-likeness (QED) is 0.771. The van der Waals surface area contributed by atoms with Crippen molar-refractivity contribution < 1.29 is 0 Å². The lowest BCUT2D eigenvalue weighted by atomic mass is 9.85. The summed E-state index contributed by atoms with van der Waals surface area (Å²) in [5.41, 5.74) is 2.14. The normalized spacial score (nSPS) is 23.4. The van der Waals surface area contributed by atoms with E-state index < -0.39 is 0 Å². The van der Waals surface area contributed by atoms with Crippen LogP contribution in [0.15, 0.2) is 0 Å². The number of hydrogen-bond acceptors (Lipinski definition) is 2. The largest absolute Gasteiger partial charge is 0.300 e. The van der Waals surface area contributed by atoms with Crippen LogP contribution in [0.1, 0.15) is 31.2 Å². The van der Waals surface area contributed by atoms with E-state index in [0.717, 1.165) is 46.7 Å². The van der Waals surface area contributed by atoms with Crippen molar-refractivity contribution in [1.29, 1.82) is 0 Å². The maximum Gasteiger partial charge on any atom is 0.0863 e. The molecular formula is C13H21BrClN3. The van der Waals surface area contributed by atoms with Crippen LogP contribution in [0.3, 0.4) is 0 Å². The van der Waals surface area contributed by atoms with Gasteiger partial charge < -0.3 is 4.90 Å². The smallest absolute Gasteiger partial charge is 0.0863 e. The van der Waals surface area contributed by atoms with Crippen molar-refractivity contribution >= 4 is 27.5 Å². The first-order valence-corrected chi connectivity index (χ1v) is 7.83. The third kappa shape index (κ3) is 3.09. The molecule has 1 aliphatic rings. The van der Waals surface area contributed by atoms with Gasteiger partial charge in [0.15, 0.2) is 0 Å². The molecule has 1 aliphatic carbocycles. The van der Waals surface area contributed by atoms with Crippen molar-refractivity contribution in [3.05, 3.63) is 16.4 Å². The molecule has 0 amide bonds. The van der Waals surface area contributed by atoms with Crippen molar-refractivity contribution in [2.45, 2.75) is 37.6 Å². The van der Waals surface area contributed by atoms with Gasteiger partial charge in [0.2, 0.25) is 0 Å². The minimum Gasteiger partial charge on any atom is -0.300 e. The third-order valence-corrected chi connectivity index (χ3v) is 4.85. The monoisotopic (exact) mass is 333 g/mol. The predicted molar refractivity (Wildman–Crippen MR) is 79.4 cm³/mol. The van der Waals surface area contributed by atoms with E-state index >= 15 is 0 Å². The first kappa shape index (κ1) is 14.4. The first-order valence-electron chi connectivity index (χ1n) is 6.54. The fourth-order valence-electron chi connectivity index (χ4n) is 2.56. The molecule has 18 heavy (non-hydrogen) atoms. The van der Waals surface area contributed by atoms with Crippen molar-refractivity contribution in [1.82, 2.24) is 14.7 Å². The Balaban J connectivity index is 1.94. The Morgan fingerprint density at radius 1 is 1.50 bits per heavy atom. The van der Waals surface area contributed by atoms with Crippen LogP contribution in [0.2, 0.25) is 5.02 Å². The molecule has 1 aromatic rings. The van der Waals surface area contributed by atoms with E-state index in [0.29, 0.717) is 0 Å². The lowest BCUT2D eigenvalue weighted by molar-refractivity contribution is 0.205. The average molecular weight is 335 g/mol. The Labute approximate surface area is 123 Å². The highest BCUT2D eigenvalue weighted by molar-refractivity contribution is 9.09. The van der Waals surface area contributed by atoms with Gasteiger partial charge >= 0.3 is 0 Å². The summed E-state index contributed by atoms with van der Waals surface area (Å²) in [4.78, 5) is 3.09. The molecule has 0 saturated heterocycles. The Morgan fingerprint density at radius 3 is 2.67 bits per heavy atom. The van der Waals surface area contributed by atoms with Crippen molar-refractivity contribution in [3.8, 4) is 0 Å². The van der Waals surface area contributed by atoms with E-state index in [2.05, 4.69) is 39.9 Å². The van der Waals surface area contributed by atoms with Crippen LogP contribution >= 0.6 is 27.5 Å². The van der Waals surface area contributed by atoms with Gasteiger partial charge in [0.25, 0.3) is 0 Å². The molecule has 0 radical (unpaired) electrons. The van der Waals surface area contributed by atoms with Gasteiger partial charge in [0, 0.05) is 25.0 Å². The maximum atomic E-state index is 6.36. The SMILES string of the molecule is CCc1nn(C)c(CN(C)CC2CC(Br)C2)c1Cl. The van der Waals surface area contributed by atoms with Crippen molar-refractivity contribution in [3.63, 3.8) is 0 Å². The topological polar surface area (TPSA) is 21.1 Å². The van der Waals surface area contributed by atoms with Gasteiger partial charge in [-0.1, -0.05) is 34.5 Å². The van der Waals surface area contributed by atoms with Gasteiger partial charge in [-0.05, 0) is 32.2 Å². The molecule has 0 atom stereocenters. The lowest BCUT2D eigenvalue weighted by Gasteiger charge is -2.34. The van der Waals surface area contributed by atoms with Crippen LogP contribution in [-0.2, 0) is 20.0 Å². The summed E-state index contributed by atoms with van der Waals surface area (Å²) in [6.07, 6.45) is 3.48. The molecule has 1 fully saturated rings. The summed E-state index contributed by atoms with van der Waals surface area (Å²) in [6, 6.07) is 0. The predicted octanol–water partition coefficient (Wildman–Crippen LogP) is 3.24. The summed E-state index contributed by atoms with van der Waals surface area (Å²) in [7, 11) is 4.14. The second-order valence-corrected chi connectivity index (χ2v) is 6.99. The number of nitrogens with zero attached hydrogens (tertiary/aromatic N) is 3. The van der Waals surface area contributed by atoms with Gasteiger partial charge in [-0.2, -0.15) is 5.10 Å². The minimum absolute atomic E-state index is 0.739. The molecule has 1 heterocycles. The average Bonchev–Trinajstić information content (AvgIpc) is 2.54. The molecule has 0 N–H and O–H groups in total. The number of alkyl halides is 1. The van der Waals surface area contributed by atoms with E-state index in [1.54, 1.807) is 0 Å². The summed E-state index contributed by atoms with van der Waals surface area (Å²) in [5, 5.41) is 5.30. The number of rotatable bonds is 5. The number of aryl methyl sites for hydroxylation is 2. The van der Waals surface area contributed by atoms with Crippen molar-refractivity contribution in [2.24, 2.45) is 13.0 Å². The van der Waals surface area contributed by atoms with Crippen LogP contribution in [0.25, 0.3) is 0 Å². The van der Waals surface area contributed by atoms with E-state index in [-0.39, 0.29) is 0 Å². The number of hydrogen-bond donors (Lipinski definition) is 0. The molecule has 5 heteroatoms. The van der Waals surface area contributed by atoms with Gasteiger partial charge in [-0.25, -0.2) is 0 Å². The summed E-state index contributed by atoms with van der Waals surface area (Å²) < 4.78 is 1.92. The highest BCUT2D eigenvalue weighted by Gasteiger charge is 2.28. The van der Waals surface area contributed by atoms with Gasteiger partial charge in [0.05, 0.1) is 16.4 Å². The van der Waals surface area contributed by atoms with E-state index in [4.69, 9.17) is 11.6 Å². The minimum atomic E-state index is 0.739. The molecule has 3 nitrogen and oxygen atoms in total. The Morgan fingerprint density at radius 2 is 2.17 bits per heavy atom. The standard InChI is InChI=1S/C13H21BrClN3/c1-4-11-13(15)12(18(3)16-11)8-17(2)7-9-5-10(14)6-9/h9-10H,4-8H2,1-3H3. The van der Waals surface area contributed by atoms with E-state index in [1.165, 1.54) is 12.8 Å². The molecule has 1 saturated carbocycles. The lowest BCUT2D eigenvalue weighted by Crippen LogP contribution is -2.34. The van der Waals surface area contributed by atoms with Gasteiger partial charge in [-0.15, -0.1) is 0 Å². The molecule has 0 aromatic carbocycles. The van der Waals surface area contributed by atoms with Crippen LogP contribution in [-0.4, -0.2) is 33.1 Å². The highest BCUT2D eigenvalue weighted by Crippen LogP contribution is 2.34. The number of aromatic nitrogens is 2. The molecule has 0 unspecified atom stereocenters. The molecule has 0 bridgehead atoms. The summed E-state index contributed by atoms with van der Waals surface area (Å²) in [5.74, 6) is 0.831. The van der Waals surface area contributed by atoms with Crippen LogP contribution in [0, 0.1) is 5.92 Å². The van der Waals surface area contributed by atoms with Crippen LogP contribution in [0.4, 0.5) is 0 Å². The van der Waals surface area contributed by atoms with Gasteiger partial charge in [0.1, 0.15) is 0 Å². The van der Waals surface area contributed by atoms with E-state index in [9.17, 15) is 0 Å². The van der Waals surface area contributed by atoms with Crippen molar-refractivity contribution in [2.75, 3.05) is 13.6 Å². The van der Waals surface area contributed by atoms with E-state index in [1.807, 2.05) is 11.7 Å². The molecule has 0 aliphatic heterocycles. The fraction of sp³-hybridized carbons (Fsp3) is 0.769. The molecule has 2 rings (SSSR count). The third-order valence-electron chi connectivity index (χ3n) is 3.67. The first-order chi connectivity index (χ1) is 8.51.